The molecule has 1 aliphatic carbocycles. The highest BCUT2D eigenvalue weighted by Gasteiger charge is 2.36. The maximum Gasteiger partial charge on any atom is 0.410 e. The van der Waals surface area contributed by atoms with E-state index in [1.165, 1.54) is 32.1 Å². The average molecular weight is 197 g/mol. The molecule has 1 amide bonds. The lowest BCUT2D eigenvalue weighted by Gasteiger charge is -2.24. The van der Waals surface area contributed by atoms with E-state index in [1.807, 2.05) is 11.8 Å². The first-order valence-corrected chi connectivity index (χ1v) is 5.74. The molecule has 0 aromatic heterocycles. The molecule has 14 heavy (non-hydrogen) atoms. The molecule has 2 aliphatic rings. The molecule has 1 saturated carbocycles. The molecule has 2 bridgehead atoms. The normalized spacial score (nSPS) is 31.4. The molecular formula is C11H19NO2. The minimum atomic E-state index is -0.0955. The van der Waals surface area contributed by atoms with Gasteiger partial charge in [-0.3, -0.25) is 0 Å². The Hall–Kier alpha value is -0.730. The maximum absolute atomic E-state index is 11.6. The van der Waals surface area contributed by atoms with Crippen molar-refractivity contribution in [3.63, 3.8) is 0 Å². The van der Waals surface area contributed by atoms with E-state index < -0.39 is 0 Å². The Kier molecular flexibility index (Phi) is 2.94. The van der Waals surface area contributed by atoms with E-state index in [4.69, 9.17) is 4.74 Å². The van der Waals surface area contributed by atoms with Crippen LogP contribution in [0.15, 0.2) is 0 Å². The van der Waals surface area contributed by atoms with Gasteiger partial charge in [0.15, 0.2) is 0 Å². The van der Waals surface area contributed by atoms with Crippen molar-refractivity contribution in [1.29, 1.82) is 0 Å². The molecule has 1 saturated heterocycles. The quantitative estimate of drug-likeness (QED) is 0.646. The van der Waals surface area contributed by atoms with Gasteiger partial charge >= 0.3 is 6.09 Å². The zero-order valence-corrected chi connectivity index (χ0v) is 8.87. The van der Waals surface area contributed by atoms with E-state index in [2.05, 4.69) is 0 Å². The molecule has 0 radical (unpaired) electrons. The molecule has 0 spiro atoms. The second-order valence-corrected chi connectivity index (χ2v) is 4.39. The minimum absolute atomic E-state index is 0.0955. The molecule has 80 valence electrons. The third-order valence-electron chi connectivity index (χ3n) is 3.40. The molecule has 0 aromatic rings. The fourth-order valence-corrected chi connectivity index (χ4v) is 2.74. The largest absolute Gasteiger partial charge is 0.450 e. The summed E-state index contributed by atoms with van der Waals surface area (Å²) >= 11 is 0. The number of amides is 1. The van der Waals surface area contributed by atoms with Gasteiger partial charge in [0.1, 0.15) is 0 Å². The van der Waals surface area contributed by atoms with Gasteiger partial charge in [0.25, 0.3) is 0 Å². The van der Waals surface area contributed by atoms with Crippen molar-refractivity contribution in [3.8, 4) is 0 Å². The number of carbonyl (C=O) groups excluding carboxylic acids is 1. The first-order valence-electron chi connectivity index (χ1n) is 5.74. The molecule has 2 atom stereocenters. The first-order chi connectivity index (χ1) is 6.81. The molecule has 3 heteroatoms. The van der Waals surface area contributed by atoms with Gasteiger partial charge in [0.05, 0.1) is 6.61 Å². The van der Waals surface area contributed by atoms with Gasteiger partial charge in [-0.15, -0.1) is 0 Å². The zero-order valence-electron chi connectivity index (χ0n) is 8.87. The number of hydrogen-bond donors (Lipinski definition) is 0. The second-order valence-electron chi connectivity index (χ2n) is 4.39. The molecule has 0 aromatic carbocycles. The lowest BCUT2D eigenvalue weighted by Crippen LogP contribution is -2.36. The number of nitrogens with zero attached hydrogens (tertiary/aromatic N) is 1. The van der Waals surface area contributed by atoms with Crippen LogP contribution in [0.1, 0.15) is 39.0 Å². The monoisotopic (exact) mass is 197 g/mol. The third-order valence-corrected chi connectivity index (χ3v) is 3.40. The average Bonchev–Trinajstić information content (AvgIpc) is 2.38. The van der Waals surface area contributed by atoms with Crippen molar-refractivity contribution in [2.24, 2.45) is 5.92 Å². The Balaban J connectivity index is 1.97. The van der Waals surface area contributed by atoms with Crippen molar-refractivity contribution in [3.05, 3.63) is 0 Å². The molecule has 2 fully saturated rings. The van der Waals surface area contributed by atoms with E-state index in [0.29, 0.717) is 12.6 Å². The standard InChI is InChI=1S/C11H19NO2/c1-2-14-11(13)12-8-9-5-3-4-6-10(12)7-9/h9-10H,2-8H2,1H3. The maximum atomic E-state index is 11.6. The first kappa shape index (κ1) is 9.81. The Morgan fingerprint density at radius 3 is 3.00 bits per heavy atom. The Morgan fingerprint density at radius 2 is 2.21 bits per heavy atom. The van der Waals surface area contributed by atoms with Gasteiger partial charge in [-0.05, 0) is 32.1 Å². The topological polar surface area (TPSA) is 29.5 Å². The van der Waals surface area contributed by atoms with Crippen LogP contribution in [-0.2, 0) is 4.74 Å². The van der Waals surface area contributed by atoms with Crippen LogP contribution in [-0.4, -0.2) is 30.2 Å². The number of ether oxygens (including phenoxy) is 1. The number of rotatable bonds is 1. The highest BCUT2D eigenvalue weighted by atomic mass is 16.6. The smallest absolute Gasteiger partial charge is 0.410 e. The summed E-state index contributed by atoms with van der Waals surface area (Å²) in [5, 5.41) is 0. The summed E-state index contributed by atoms with van der Waals surface area (Å²) in [6.07, 6.45) is 6.21. The van der Waals surface area contributed by atoms with Gasteiger partial charge in [-0.2, -0.15) is 0 Å². The van der Waals surface area contributed by atoms with Gasteiger partial charge in [0, 0.05) is 12.6 Å². The van der Waals surface area contributed by atoms with Crippen molar-refractivity contribution in [1.82, 2.24) is 4.90 Å². The molecular weight excluding hydrogens is 178 g/mol. The summed E-state index contributed by atoms with van der Waals surface area (Å²) in [5.74, 6) is 0.743. The summed E-state index contributed by atoms with van der Waals surface area (Å²) in [7, 11) is 0. The zero-order chi connectivity index (χ0) is 9.97. The number of fused-ring (bicyclic) bond motifs is 2. The molecule has 1 heterocycles. The minimum Gasteiger partial charge on any atom is -0.450 e. The van der Waals surface area contributed by atoms with E-state index in [1.54, 1.807) is 0 Å². The summed E-state index contributed by atoms with van der Waals surface area (Å²) in [4.78, 5) is 13.6. The summed E-state index contributed by atoms with van der Waals surface area (Å²) in [6, 6.07) is 0.474. The fourth-order valence-electron chi connectivity index (χ4n) is 2.74. The summed E-state index contributed by atoms with van der Waals surface area (Å²) < 4.78 is 5.06. The lowest BCUT2D eigenvalue weighted by molar-refractivity contribution is 0.0987. The second kappa shape index (κ2) is 4.20. The fraction of sp³-hybridized carbons (Fsp3) is 0.909. The predicted octanol–water partition coefficient (Wildman–Crippen LogP) is 2.41. The van der Waals surface area contributed by atoms with Crippen LogP contribution >= 0.6 is 0 Å². The summed E-state index contributed by atoms with van der Waals surface area (Å²) in [5.41, 5.74) is 0. The van der Waals surface area contributed by atoms with Gasteiger partial charge in [-0.1, -0.05) is 12.8 Å². The van der Waals surface area contributed by atoms with Gasteiger partial charge in [0.2, 0.25) is 0 Å². The SMILES string of the molecule is CCOC(=O)N1CC2CCCCC1C2. The molecule has 2 unspecified atom stereocenters. The van der Waals surface area contributed by atoms with Crippen LogP contribution in [0.25, 0.3) is 0 Å². The molecule has 3 nitrogen and oxygen atoms in total. The van der Waals surface area contributed by atoms with E-state index >= 15 is 0 Å². The van der Waals surface area contributed by atoms with Crippen molar-refractivity contribution in [2.45, 2.75) is 45.1 Å². The third kappa shape index (κ3) is 1.86. The van der Waals surface area contributed by atoms with Crippen molar-refractivity contribution in [2.75, 3.05) is 13.2 Å². The predicted molar refractivity (Wildman–Crippen MR) is 54.1 cm³/mol. The molecule has 2 rings (SSSR count). The Labute approximate surface area is 85.4 Å². The molecule has 0 N–H and O–H groups in total. The van der Waals surface area contributed by atoms with Gasteiger partial charge < -0.3 is 9.64 Å². The van der Waals surface area contributed by atoms with Crippen LogP contribution in [0.5, 0.6) is 0 Å². The molecule has 1 aliphatic heterocycles. The lowest BCUT2D eigenvalue weighted by atomic mass is 10.0. The number of carbonyl (C=O) groups is 1. The van der Waals surface area contributed by atoms with E-state index in [0.717, 1.165) is 12.5 Å². The van der Waals surface area contributed by atoms with E-state index in [9.17, 15) is 4.79 Å². The highest BCUT2D eigenvalue weighted by Crippen LogP contribution is 2.34. The van der Waals surface area contributed by atoms with Gasteiger partial charge in [-0.25, -0.2) is 4.79 Å². The van der Waals surface area contributed by atoms with E-state index in [-0.39, 0.29) is 6.09 Å². The highest BCUT2D eigenvalue weighted by molar-refractivity contribution is 5.68. The Bertz CT molecular complexity index is 217. The van der Waals surface area contributed by atoms with Crippen molar-refractivity contribution >= 4 is 6.09 Å². The van der Waals surface area contributed by atoms with Crippen LogP contribution in [0, 0.1) is 5.92 Å². The number of hydrogen-bond acceptors (Lipinski definition) is 2. The van der Waals surface area contributed by atoms with Crippen LogP contribution in [0.4, 0.5) is 4.79 Å². The van der Waals surface area contributed by atoms with Crippen molar-refractivity contribution < 1.29 is 9.53 Å². The van der Waals surface area contributed by atoms with Crippen LogP contribution in [0.2, 0.25) is 0 Å². The van der Waals surface area contributed by atoms with Crippen LogP contribution < -0.4 is 0 Å². The Morgan fingerprint density at radius 1 is 1.43 bits per heavy atom. The summed E-state index contributed by atoms with van der Waals surface area (Å²) in [6.45, 7) is 3.29. The van der Waals surface area contributed by atoms with Crippen LogP contribution in [0.3, 0.4) is 0 Å². The number of likely N-dealkylation sites (tertiary alicyclic amines) is 1.